The van der Waals surface area contributed by atoms with E-state index in [2.05, 4.69) is 15.3 Å². The van der Waals surface area contributed by atoms with Crippen molar-refractivity contribution >= 4 is 45.5 Å². The number of ketones is 1. The van der Waals surface area contributed by atoms with Crippen molar-refractivity contribution in [3.63, 3.8) is 0 Å². The fourth-order valence-electron chi connectivity index (χ4n) is 3.21. The summed E-state index contributed by atoms with van der Waals surface area (Å²) < 4.78 is 0. The van der Waals surface area contributed by atoms with E-state index in [0.29, 0.717) is 35.1 Å². The van der Waals surface area contributed by atoms with Crippen LogP contribution in [0.2, 0.25) is 5.02 Å². The molecule has 0 unspecified atom stereocenters. The monoisotopic (exact) mass is 402 g/mol. The molecule has 2 heterocycles. The minimum atomic E-state index is -0.0206. The minimum Gasteiger partial charge on any atom is -0.383 e. The van der Waals surface area contributed by atoms with Crippen molar-refractivity contribution in [3.8, 4) is 0 Å². The van der Waals surface area contributed by atoms with Crippen molar-refractivity contribution in [2.24, 2.45) is 0 Å². The number of hydrogen-bond acceptors (Lipinski definition) is 5. The first-order chi connectivity index (χ1) is 14.1. The number of nitrogens with zero attached hydrogens (tertiary/aromatic N) is 2. The third-order valence-electron chi connectivity index (χ3n) is 4.69. The normalized spacial score (nSPS) is 10.8. The molecule has 0 fully saturated rings. The molecule has 0 saturated heterocycles. The smallest absolute Gasteiger partial charge is 0.166 e. The number of aromatic nitrogens is 2. The number of carbonyl (C=O) groups is 1. The number of para-hydroxylation sites is 1. The predicted molar refractivity (Wildman–Crippen MR) is 118 cm³/mol. The van der Waals surface area contributed by atoms with Crippen LogP contribution in [0.1, 0.15) is 22.3 Å². The second kappa shape index (κ2) is 8.29. The Bertz CT molecular complexity index is 1180. The van der Waals surface area contributed by atoms with Crippen molar-refractivity contribution in [2.75, 3.05) is 11.1 Å². The Hall–Kier alpha value is -3.44. The first kappa shape index (κ1) is 18.9. The molecule has 0 aliphatic rings. The van der Waals surface area contributed by atoms with Gasteiger partial charge in [-0.25, -0.2) is 9.97 Å². The van der Waals surface area contributed by atoms with Gasteiger partial charge in [0.05, 0.1) is 10.6 Å². The number of pyridine rings is 2. The van der Waals surface area contributed by atoms with Crippen LogP contribution in [0, 0.1) is 0 Å². The highest BCUT2D eigenvalue weighted by molar-refractivity contribution is 6.31. The molecule has 0 radical (unpaired) electrons. The van der Waals surface area contributed by atoms with Gasteiger partial charge in [-0.05, 0) is 41.6 Å². The highest BCUT2D eigenvalue weighted by atomic mass is 35.5. The number of fused-ring (bicyclic) bond motifs is 1. The molecule has 0 saturated carbocycles. The van der Waals surface area contributed by atoms with Gasteiger partial charge in [0.2, 0.25) is 0 Å². The molecule has 0 amide bonds. The lowest BCUT2D eigenvalue weighted by Gasteiger charge is -2.11. The third kappa shape index (κ3) is 4.36. The molecule has 0 atom stereocenters. The average molecular weight is 403 g/mol. The summed E-state index contributed by atoms with van der Waals surface area (Å²) in [5.74, 6) is 0.988. The van der Waals surface area contributed by atoms with Gasteiger partial charge in [-0.3, -0.25) is 4.79 Å². The Kier molecular flexibility index (Phi) is 5.40. The number of Topliss-reactive ketones (excluding diaryl/α,β-unsaturated/α-hetero) is 1. The van der Waals surface area contributed by atoms with Gasteiger partial charge in [-0.2, -0.15) is 0 Å². The number of anilines is 3. The van der Waals surface area contributed by atoms with E-state index in [1.165, 1.54) is 6.20 Å². The maximum absolute atomic E-state index is 12.9. The molecule has 3 N–H and O–H groups in total. The van der Waals surface area contributed by atoms with Crippen LogP contribution in [-0.2, 0) is 6.42 Å². The zero-order valence-corrected chi connectivity index (χ0v) is 16.4. The van der Waals surface area contributed by atoms with Gasteiger partial charge in [0.15, 0.2) is 5.78 Å². The molecular formula is C23H19ClN4O. The molecule has 0 bridgehead atoms. The predicted octanol–water partition coefficient (Wildman–Crippen LogP) is 5.42. The summed E-state index contributed by atoms with van der Waals surface area (Å²) in [6.45, 7) is 0. The highest BCUT2D eigenvalue weighted by Gasteiger charge is 2.14. The number of nitrogen functional groups attached to an aromatic ring is 1. The van der Waals surface area contributed by atoms with Crippen LogP contribution in [0.3, 0.4) is 0 Å². The molecule has 144 valence electrons. The zero-order chi connectivity index (χ0) is 20.2. The molecule has 5 nitrogen and oxygen atoms in total. The summed E-state index contributed by atoms with van der Waals surface area (Å²) in [7, 11) is 0. The van der Waals surface area contributed by atoms with E-state index >= 15 is 0 Å². The molecule has 29 heavy (non-hydrogen) atoms. The van der Waals surface area contributed by atoms with Crippen LogP contribution >= 0.6 is 11.6 Å². The molecule has 4 aromatic rings. The summed E-state index contributed by atoms with van der Waals surface area (Å²) in [5, 5.41) is 5.55. The summed E-state index contributed by atoms with van der Waals surface area (Å²) in [6, 6.07) is 19.1. The fourth-order valence-corrected chi connectivity index (χ4v) is 3.37. The molecule has 2 aromatic carbocycles. The Morgan fingerprint density at radius 2 is 1.86 bits per heavy atom. The van der Waals surface area contributed by atoms with Crippen LogP contribution in [0.4, 0.5) is 17.3 Å². The molecule has 4 rings (SSSR count). The van der Waals surface area contributed by atoms with E-state index in [1.807, 2.05) is 54.6 Å². The van der Waals surface area contributed by atoms with Crippen molar-refractivity contribution in [3.05, 3.63) is 89.2 Å². The molecule has 2 aromatic heterocycles. The van der Waals surface area contributed by atoms with Gasteiger partial charge in [0.1, 0.15) is 11.6 Å². The van der Waals surface area contributed by atoms with Gasteiger partial charge in [-0.15, -0.1) is 0 Å². The second-order valence-corrected chi connectivity index (χ2v) is 7.15. The van der Waals surface area contributed by atoms with Gasteiger partial charge in [0, 0.05) is 29.9 Å². The molecule has 0 spiro atoms. The van der Waals surface area contributed by atoms with E-state index in [9.17, 15) is 4.79 Å². The Balaban J connectivity index is 1.53. The second-order valence-electron chi connectivity index (χ2n) is 6.72. The molecule has 0 aliphatic carbocycles. The van der Waals surface area contributed by atoms with E-state index in [0.717, 1.165) is 22.0 Å². The van der Waals surface area contributed by atoms with E-state index in [1.54, 1.807) is 12.3 Å². The maximum atomic E-state index is 12.9. The van der Waals surface area contributed by atoms with Crippen LogP contribution < -0.4 is 11.1 Å². The number of rotatable bonds is 6. The quantitative estimate of drug-likeness (QED) is 0.420. The maximum Gasteiger partial charge on any atom is 0.166 e. The van der Waals surface area contributed by atoms with Gasteiger partial charge >= 0.3 is 0 Å². The lowest BCUT2D eigenvalue weighted by Crippen LogP contribution is -2.07. The lowest BCUT2D eigenvalue weighted by molar-refractivity contribution is 0.0983. The highest BCUT2D eigenvalue weighted by Crippen LogP contribution is 2.25. The molecule has 6 heteroatoms. The number of nitrogens with one attached hydrogen (secondary N) is 1. The summed E-state index contributed by atoms with van der Waals surface area (Å²) >= 11 is 6.10. The number of halogens is 1. The average Bonchev–Trinajstić information content (AvgIpc) is 2.74. The van der Waals surface area contributed by atoms with Crippen molar-refractivity contribution in [1.82, 2.24) is 9.97 Å². The van der Waals surface area contributed by atoms with E-state index in [-0.39, 0.29) is 5.78 Å². The SMILES string of the molecule is Nc1nccc2cc(CCC(=O)c3cc(Cl)cnc3Nc3ccccc3)ccc12. The minimum absolute atomic E-state index is 0.0206. The van der Waals surface area contributed by atoms with Crippen molar-refractivity contribution in [1.29, 1.82) is 0 Å². The lowest BCUT2D eigenvalue weighted by atomic mass is 10.0. The van der Waals surface area contributed by atoms with Crippen molar-refractivity contribution in [2.45, 2.75) is 12.8 Å². The van der Waals surface area contributed by atoms with Crippen LogP contribution in [0.15, 0.2) is 73.1 Å². The van der Waals surface area contributed by atoms with Gasteiger partial charge in [-0.1, -0.05) is 48.0 Å². The van der Waals surface area contributed by atoms with E-state index in [4.69, 9.17) is 17.3 Å². The standard InChI is InChI=1S/C23H19ClN4O/c24-17-13-20(23(27-14-17)28-18-4-2-1-3-5-18)21(29)9-7-15-6-8-19-16(12-15)10-11-26-22(19)25/h1-6,8,10-14H,7,9H2,(H2,25,26)(H,27,28). The Morgan fingerprint density at radius 1 is 1.03 bits per heavy atom. The topological polar surface area (TPSA) is 80.9 Å². The third-order valence-corrected chi connectivity index (χ3v) is 4.90. The van der Waals surface area contributed by atoms with Gasteiger partial charge in [0.25, 0.3) is 0 Å². The van der Waals surface area contributed by atoms with Crippen LogP contribution in [0.5, 0.6) is 0 Å². The molecular weight excluding hydrogens is 384 g/mol. The number of hydrogen-bond donors (Lipinski definition) is 2. The fraction of sp³-hybridized carbons (Fsp3) is 0.0870. The summed E-state index contributed by atoms with van der Waals surface area (Å²) in [5.41, 5.74) is 8.31. The summed E-state index contributed by atoms with van der Waals surface area (Å²) in [4.78, 5) is 21.3. The van der Waals surface area contributed by atoms with Crippen LogP contribution in [-0.4, -0.2) is 15.8 Å². The Labute approximate surface area is 173 Å². The Morgan fingerprint density at radius 3 is 2.69 bits per heavy atom. The zero-order valence-electron chi connectivity index (χ0n) is 15.6. The number of aryl methyl sites for hydroxylation is 1. The number of carbonyl (C=O) groups excluding carboxylic acids is 1. The largest absolute Gasteiger partial charge is 0.383 e. The summed E-state index contributed by atoms with van der Waals surface area (Å²) in [6.07, 6.45) is 4.17. The van der Waals surface area contributed by atoms with E-state index < -0.39 is 0 Å². The molecule has 0 aliphatic heterocycles. The van der Waals surface area contributed by atoms with Crippen LogP contribution in [0.25, 0.3) is 10.8 Å². The first-order valence-corrected chi connectivity index (χ1v) is 9.62. The van der Waals surface area contributed by atoms with Crippen molar-refractivity contribution < 1.29 is 4.79 Å². The number of nitrogens with two attached hydrogens (primary N) is 1. The first-order valence-electron chi connectivity index (χ1n) is 9.24. The number of benzene rings is 2. The van der Waals surface area contributed by atoms with Gasteiger partial charge < -0.3 is 11.1 Å².